The molecule has 0 atom stereocenters. The minimum Gasteiger partial charge on any atom is -0.287 e. The third kappa shape index (κ3) is 16.2. The van der Waals surface area contributed by atoms with Crippen LogP contribution < -0.4 is 0 Å². The molecule has 0 aromatic heterocycles. The Balaban J connectivity index is 2.99. The van der Waals surface area contributed by atoms with Crippen LogP contribution in [-0.2, 0) is 4.18 Å². The maximum Gasteiger partial charge on any atom is 0.216 e. The lowest BCUT2D eigenvalue weighted by molar-refractivity contribution is 0.199. The van der Waals surface area contributed by atoms with Crippen molar-refractivity contribution in [2.24, 2.45) is 0 Å². The zero-order chi connectivity index (χ0) is 13.0. The van der Waals surface area contributed by atoms with E-state index in [2.05, 4.69) is 11.1 Å². The Morgan fingerprint density at radius 3 is 1.53 bits per heavy atom. The molecule has 0 aromatic carbocycles. The highest BCUT2D eigenvalue weighted by atomic mass is 32.3. The number of hydrogen-bond donors (Lipinski definition) is 3. The van der Waals surface area contributed by atoms with E-state index in [4.69, 9.17) is 13.7 Å². The van der Waals surface area contributed by atoms with Crippen LogP contribution in [0.3, 0.4) is 0 Å². The zero-order valence-corrected chi connectivity index (χ0v) is 11.8. The average Bonchev–Trinajstić information content (AvgIpc) is 2.24. The molecule has 0 unspecified atom stereocenters. The summed E-state index contributed by atoms with van der Waals surface area (Å²) in [4.78, 5) is 0. The summed E-state index contributed by atoms with van der Waals surface area (Å²) < 4.78 is 30.1. The van der Waals surface area contributed by atoms with Crippen molar-refractivity contribution in [3.8, 4) is 0 Å². The normalized spacial score (nSPS) is 12.9. The molecule has 0 fully saturated rings. The molecule has 3 N–H and O–H groups in total. The van der Waals surface area contributed by atoms with Gasteiger partial charge in [0.15, 0.2) is 0 Å². The average molecular weight is 268 g/mol. The lowest BCUT2D eigenvalue weighted by atomic mass is 10.1. The fraction of sp³-hybridized carbons (Fsp3) is 1.00. The van der Waals surface area contributed by atoms with E-state index >= 15 is 0 Å². The van der Waals surface area contributed by atoms with Crippen molar-refractivity contribution >= 4 is 11.2 Å². The molecule has 0 saturated heterocycles. The second kappa shape index (κ2) is 11.3. The quantitative estimate of drug-likeness (QED) is 0.432. The number of rotatable bonds is 12. The van der Waals surface area contributed by atoms with E-state index < -0.39 is 11.2 Å². The van der Waals surface area contributed by atoms with Crippen LogP contribution in [0, 0.1) is 0 Å². The molecule has 0 aromatic rings. The summed E-state index contributed by atoms with van der Waals surface area (Å²) in [6, 6.07) is 0. The highest BCUT2D eigenvalue weighted by Crippen LogP contribution is 2.33. The second-order valence-electron chi connectivity index (χ2n) is 4.47. The van der Waals surface area contributed by atoms with Crippen molar-refractivity contribution in [2.45, 2.75) is 71.1 Å². The predicted octanol–water partition coefficient (Wildman–Crippen LogP) is 5.06. The Morgan fingerprint density at radius 1 is 0.706 bits per heavy atom. The van der Waals surface area contributed by atoms with Gasteiger partial charge in [-0.25, -0.2) is 0 Å². The summed E-state index contributed by atoms with van der Waals surface area (Å²) in [6.45, 7) is 2.44. The van der Waals surface area contributed by atoms with Gasteiger partial charge in [0, 0.05) is 0 Å². The molecule has 4 nitrogen and oxygen atoms in total. The monoisotopic (exact) mass is 268 g/mol. The van der Waals surface area contributed by atoms with Gasteiger partial charge in [0.1, 0.15) is 0 Å². The fourth-order valence-corrected chi connectivity index (χ4v) is 2.10. The molecule has 0 amide bonds. The van der Waals surface area contributed by atoms with Gasteiger partial charge in [-0.2, -0.15) is 0 Å². The van der Waals surface area contributed by atoms with Gasteiger partial charge in [-0.05, 0) is 6.42 Å². The second-order valence-corrected chi connectivity index (χ2v) is 5.65. The molecular weight excluding hydrogens is 240 g/mol. The van der Waals surface area contributed by atoms with Crippen molar-refractivity contribution in [2.75, 3.05) is 6.61 Å². The smallest absolute Gasteiger partial charge is 0.216 e. The van der Waals surface area contributed by atoms with Gasteiger partial charge in [-0.1, -0.05) is 64.7 Å². The lowest BCUT2D eigenvalue weighted by Gasteiger charge is -2.17. The highest BCUT2D eigenvalue weighted by Gasteiger charge is 2.10. The Morgan fingerprint density at radius 2 is 1.12 bits per heavy atom. The summed E-state index contributed by atoms with van der Waals surface area (Å²) in [6.07, 6.45) is 12.2. The minimum absolute atomic E-state index is 0.218. The topological polar surface area (TPSA) is 69.9 Å². The van der Waals surface area contributed by atoms with Crippen molar-refractivity contribution in [3.05, 3.63) is 0 Å². The van der Waals surface area contributed by atoms with Crippen molar-refractivity contribution in [1.82, 2.24) is 0 Å². The predicted molar refractivity (Wildman–Crippen MR) is 73.3 cm³/mol. The van der Waals surface area contributed by atoms with Gasteiger partial charge in [-0.3, -0.25) is 17.8 Å². The summed E-state index contributed by atoms with van der Waals surface area (Å²) >= 11 is -3.73. The van der Waals surface area contributed by atoms with E-state index in [9.17, 15) is 0 Å². The SMILES string of the molecule is CCCCCCCCCCCCOS(O)(O)O. The summed E-state index contributed by atoms with van der Waals surface area (Å²) in [5.74, 6) is 0. The van der Waals surface area contributed by atoms with Gasteiger partial charge in [0.05, 0.1) is 6.61 Å². The molecule has 5 heteroatoms. The van der Waals surface area contributed by atoms with Crippen LogP contribution in [0.5, 0.6) is 0 Å². The summed E-state index contributed by atoms with van der Waals surface area (Å²) in [5, 5.41) is 0. The first kappa shape index (κ1) is 17.2. The highest BCUT2D eigenvalue weighted by molar-refractivity contribution is 8.15. The molecule has 17 heavy (non-hydrogen) atoms. The first-order chi connectivity index (χ1) is 8.06. The molecule has 0 aliphatic heterocycles. The van der Waals surface area contributed by atoms with Crippen molar-refractivity contribution in [1.29, 1.82) is 0 Å². The standard InChI is InChI=1S/C12H28O4S/c1-2-3-4-5-6-7-8-9-10-11-12-16-17(13,14)15/h13-15H,2-12H2,1H3. The molecule has 0 heterocycles. The molecule has 0 aliphatic rings. The van der Waals surface area contributed by atoms with E-state index in [-0.39, 0.29) is 6.61 Å². The lowest BCUT2D eigenvalue weighted by Crippen LogP contribution is -2.02. The van der Waals surface area contributed by atoms with Gasteiger partial charge in [-0.15, -0.1) is 0 Å². The fourth-order valence-electron chi connectivity index (χ4n) is 1.76. The Hall–Kier alpha value is 0.190. The van der Waals surface area contributed by atoms with Gasteiger partial charge in [0.25, 0.3) is 0 Å². The van der Waals surface area contributed by atoms with Crippen LogP contribution in [-0.4, -0.2) is 20.3 Å². The molecule has 0 rings (SSSR count). The van der Waals surface area contributed by atoms with E-state index in [1.54, 1.807) is 0 Å². The van der Waals surface area contributed by atoms with Crippen LogP contribution >= 0.6 is 11.2 Å². The maximum atomic E-state index is 8.53. The van der Waals surface area contributed by atoms with Gasteiger partial charge < -0.3 is 0 Å². The maximum absolute atomic E-state index is 8.53. The molecule has 0 radical (unpaired) electrons. The first-order valence-electron chi connectivity index (χ1n) is 6.71. The van der Waals surface area contributed by atoms with Crippen molar-refractivity contribution < 1.29 is 17.8 Å². The van der Waals surface area contributed by atoms with E-state index in [0.29, 0.717) is 0 Å². The Labute approximate surface area is 107 Å². The van der Waals surface area contributed by atoms with E-state index in [0.717, 1.165) is 19.3 Å². The minimum atomic E-state index is -3.73. The van der Waals surface area contributed by atoms with Crippen LogP contribution in [0.4, 0.5) is 0 Å². The van der Waals surface area contributed by atoms with E-state index in [1.807, 2.05) is 0 Å². The molecule has 0 saturated carbocycles. The molecule has 106 valence electrons. The van der Waals surface area contributed by atoms with Crippen LogP contribution in [0.2, 0.25) is 0 Å². The molecule has 0 spiro atoms. The zero-order valence-electron chi connectivity index (χ0n) is 10.9. The Bertz CT molecular complexity index is 159. The van der Waals surface area contributed by atoms with Crippen LogP contribution in [0.15, 0.2) is 0 Å². The van der Waals surface area contributed by atoms with Gasteiger partial charge in [0.2, 0.25) is 11.2 Å². The summed E-state index contributed by atoms with van der Waals surface area (Å²) in [7, 11) is 0. The van der Waals surface area contributed by atoms with Gasteiger partial charge >= 0.3 is 0 Å². The van der Waals surface area contributed by atoms with E-state index in [1.165, 1.54) is 44.9 Å². The van der Waals surface area contributed by atoms with Crippen LogP contribution in [0.25, 0.3) is 0 Å². The van der Waals surface area contributed by atoms with Crippen molar-refractivity contribution in [3.63, 3.8) is 0 Å². The summed E-state index contributed by atoms with van der Waals surface area (Å²) in [5.41, 5.74) is 0. The third-order valence-electron chi connectivity index (χ3n) is 2.74. The molecular formula is C12H28O4S. The molecule has 0 bridgehead atoms. The van der Waals surface area contributed by atoms with Crippen LogP contribution in [0.1, 0.15) is 71.1 Å². The number of unbranched alkanes of at least 4 members (excludes halogenated alkanes) is 9. The Kier molecular flexibility index (Phi) is 11.4. The number of hydrogen-bond acceptors (Lipinski definition) is 4. The third-order valence-corrected chi connectivity index (χ3v) is 3.22. The molecule has 0 aliphatic carbocycles. The first-order valence-corrected chi connectivity index (χ1v) is 8.14. The largest absolute Gasteiger partial charge is 0.287 e.